The molecule has 0 spiro atoms. The number of thiophene rings is 1. The van der Waals surface area contributed by atoms with E-state index in [1.54, 1.807) is 11.3 Å². The second-order valence-electron chi connectivity index (χ2n) is 13.5. The van der Waals surface area contributed by atoms with Crippen LogP contribution in [0.25, 0.3) is 66.8 Å². The van der Waals surface area contributed by atoms with Crippen LogP contribution in [0.5, 0.6) is 0 Å². The summed E-state index contributed by atoms with van der Waals surface area (Å²) in [5.41, 5.74) is 15.6. The number of rotatable bonds is 6. The standard InChI is InChI=1S/C23H19N3O2S.C19H20N2O2/c1-2-5-20-17(4-1)25-23(28-20)15-7-8-19-18(14-15)24-22(21-6-3-13-29-21)26(19)16-9-11-27-12-10-16;20-16-12-15(19-21-17-3-1-2-4-18(17)23-19)6-5-14(16)11-13-7-9-22-10-8-13/h1-8,13-14,16H,9-12H2;1-6,12-13H,7-11,20H2. The molecule has 0 atom stereocenters. The zero-order valence-corrected chi connectivity index (χ0v) is 29.6. The molecule has 0 amide bonds. The Kier molecular flexibility index (Phi) is 9.02. The molecule has 10 rings (SSSR count). The number of aromatic nitrogens is 4. The van der Waals surface area contributed by atoms with E-state index in [-0.39, 0.29) is 0 Å². The predicted molar refractivity (Wildman–Crippen MR) is 206 cm³/mol. The molecular weight excluding hydrogens is 671 g/mol. The van der Waals surface area contributed by atoms with Crippen molar-refractivity contribution in [1.29, 1.82) is 0 Å². The first-order valence-corrected chi connectivity index (χ1v) is 18.9. The lowest BCUT2D eigenvalue weighted by atomic mass is 9.91. The average molecular weight is 710 g/mol. The van der Waals surface area contributed by atoms with Crippen LogP contribution in [0.1, 0.15) is 37.3 Å². The summed E-state index contributed by atoms with van der Waals surface area (Å²) in [6.45, 7) is 3.33. The molecule has 0 bridgehead atoms. The zero-order valence-electron chi connectivity index (χ0n) is 28.7. The van der Waals surface area contributed by atoms with E-state index < -0.39 is 0 Å². The summed E-state index contributed by atoms with van der Waals surface area (Å²) in [7, 11) is 0. The smallest absolute Gasteiger partial charge is 0.227 e. The van der Waals surface area contributed by atoms with E-state index in [0.717, 1.165) is 114 Å². The maximum Gasteiger partial charge on any atom is 0.227 e. The van der Waals surface area contributed by atoms with Gasteiger partial charge in [-0.05, 0) is 110 Å². The number of hydrogen-bond acceptors (Lipinski definition) is 9. The molecule has 2 saturated heterocycles. The highest BCUT2D eigenvalue weighted by Gasteiger charge is 2.24. The quantitative estimate of drug-likeness (QED) is 0.170. The van der Waals surface area contributed by atoms with Crippen LogP contribution < -0.4 is 5.73 Å². The number of nitrogens with zero attached hydrogens (tertiary/aromatic N) is 4. The summed E-state index contributed by atoms with van der Waals surface area (Å²) in [6.07, 6.45) is 5.27. The first-order chi connectivity index (χ1) is 25.7. The second kappa shape index (κ2) is 14.4. The Hall–Kier alpha value is -5.29. The maximum absolute atomic E-state index is 6.27. The summed E-state index contributed by atoms with van der Waals surface area (Å²) >= 11 is 1.73. The van der Waals surface area contributed by atoms with Gasteiger partial charge in [-0.2, -0.15) is 0 Å². The number of nitrogens with two attached hydrogens (primary N) is 1. The summed E-state index contributed by atoms with van der Waals surface area (Å²) < 4.78 is 25.2. The molecule has 2 aliphatic rings. The summed E-state index contributed by atoms with van der Waals surface area (Å²) in [4.78, 5) is 15.4. The fourth-order valence-electron chi connectivity index (χ4n) is 7.29. The molecular formula is C42H39N5O4S. The molecule has 262 valence electrons. The molecule has 9 nitrogen and oxygen atoms in total. The van der Waals surface area contributed by atoms with E-state index in [2.05, 4.69) is 62.4 Å². The molecule has 2 aliphatic heterocycles. The second-order valence-corrected chi connectivity index (χ2v) is 14.4. The van der Waals surface area contributed by atoms with Gasteiger partial charge in [0.15, 0.2) is 17.0 Å². The molecule has 0 unspecified atom stereocenters. The monoisotopic (exact) mass is 709 g/mol. The van der Waals surface area contributed by atoms with Gasteiger partial charge in [0.1, 0.15) is 11.0 Å². The summed E-state index contributed by atoms with van der Waals surface area (Å²) in [5, 5.41) is 2.10. The van der Waals surface area contributed by atoms with Crippen molar-refractivity contribution in [1.82, 2.24) is 19.5 Å². The van der Waals surface area contributed by atoms with Crippen molar-refractivity contribution in [2.75, 3.05) is 32.2 Å². The third-order valence-corrected chi connectivity index (χ3v) is 10.9. The van der Waals surface area contributed by atoms with E-state index in [1.165, 1.54) is 10.4 Å². The van der Waals surface area contributed by atoms with E-state index in [9.17, 15) is 0 Å². The van der Waals surface area contributed by atoms with Crippen LogP contribution in [-0.2, 0) is 15.9 Å². The van der Waals surface area contributed by atoms with E-state index in [4.69, 9.17) is 29.0 Å². The zero-order chi connectivity index (χ0) is 34.9. The van der Waals surface area contributed by atoms with Gasteiger partial charge in [0.25, 0.3) is 0 Å². The molecule has 2 N–H and O–H groups in total. The van der Waals surface area contributed by atoms with Gasteiger partial charge in [-0.3, -0.25) is 0 Å². The third-order valence-electron chi connectivity index (χ3n) is 10.1. The van der Waals surface area contributed by atoms with Crippen LogP contribution in [0.4, 0.5) is 5.69 Å². The van der Waals surface area contributed by atoms with Crippen molar-refractivity contribution in [3.8, 4) is 33.6 Å². The van der Waals surface area contributed by atoms with E-state index in [1.807, 2.05) is 54.6 Å². The van der Waals surface area contributed by atoms with Crippen molar-refractivity contribution in [3.05, 3.63) is 108 Å². The van der Waals surface area contributed by atoms with Gasteiger partial charge >= 0.3 is 0 Å². The molecule has 2 fully saturated rings. The Labute approximate surface area is 305 Å². The Morgan fingerprint density at radius 1 is 0.654 bits per heavy atom. The Balaban J connectivity index is 0.000000142. The van der Waals surface area contributed by atoms with E-state index in [0.29, 0.717) is 23.7 Å². The third kappa shape index (κ3) is 6.61. The van der Waals surface area contributed by atoms with Crippen molar-refractivity contribution in [2.45, 2.75) is 38.1 Å². The fraction of sp³-hybridized carbons (Fsp3) is 0.262. The summed E-state index contributed by atoms with van der Waals surface area (Å²) in [6, 6.07) is 32.7. The maximum atomic E-state index is 6.27. The molecule has 4 aromatic heterocycles. The molecule has 0 radical (unpaired) electrons. The lowest BCUT2D eigenvalue weighted by Gasteiger charge is -2.25. The minimum absolute atomic E-state index is 0.404. The van der Waals surface area contributed by atoms with Crippen molar-refractivity contribution < 1.29 is 18.3 Å². The minimum atomic E-state index is 0.404. The number of nitrogen functional groups attached to an aromatic ring is 1. The molecule has 52 heavy (non-hydrogen) atoms. The highest BCUT2D eigenvalue weighted by atomic mass is 32.1. The number of imidazole rings is 1. The van der Waals surface area contributed by atoms with Crippen LogP contribution in [0, 0.1) is 5.92 Å². The number of oxazole rings is 2. The van der Waals surface area contributed by atoms with Crippen LogP contribution in [0.15, 0.2) is 111 Å². The number of anilines is 1. The highest BCUT2D eigenvalue weighted by Crippen LogP contribution is 2.37. The number of ether oxygens (including phenoxy) is 2. The SMILES string of the molecule is Nc1cc(-c2nc3ccccc3o2)ccc1CC1CCOCC1.c1csc(-c2nc3cc(-c4nc5ccccc5o4)ccc3n2C2CCOCC2)c1. The molecule has 4 aromatic carbocycles. The molecule has 8 aromatic rings. The first-order valence-electron chi connectivity index (χ1n) is 18.0. The van der Waals surface area contributed by atoms with Gasteiger partial charge in [-0.25, -0.2) is 15.0 Å². The van der Waals surface area contributed by atoms with Gasteiger partial charge in [0, 0.05) is 49.3 Å². The van der Waals surface area contributed by atoms with Crippen LogP contribution in [0.2, 0.25) is 0 Å². The normalized spacial score (nSPS) is 15.7. The van der Waals surface area contributed by atoms with Gasteiger partial charge in [-0.1, -0.05) is 36.4 Å². The van der Waals surface area contributed by atoms with Crippen LogP contribution in [-0.4, -0.2) is 45.9 Å². The van der Waals surface area contributed by atoms with Gasteiger partial charge in [0.2, 0.25) is 11.8 Å². The van der Waals surface area contributed by atoms with Crippen molar-refractivity contribution in [2.24, 2.45) is 5.92 Å². The first kappa shape index (κ1) is 32.6. The lowest BCUT2D eigenvalue weighted by molar-refractivity contribution is 0.0666. The van der Waals surface area contributed by atoms with Crippen molar-refractivity contribution in [3.63, 3.8) is 0 Å². The van der Waals surface area contributed by atoms with Gasteiger partial charge in [-0.15, -0.1) is 11.3 Å². The molecule has 6 heterocycles. The molecule has 0 aliphatic carbocycles. The molecule has 0 saturated carbocycles. The van der Waals surface area contributed by atoms with Crippen LogP contribution in [0.3, 0.4) is 0 Å². The number of para-hydroxylation sites is 4. The number of fused-ring (bicyclic) bond motifs is 3. The van der Waals surface area contributed by atoms with E-state index >= 15 is 0 Å². The highest BCUT2D eigenvalue weighted by molar-refractivity contribution is 7.13. The minimum Gasteiger partial charge on any atom is -0.436 e. The largest absolute Gasteiger partial charge is 0.436 e. The number of hydrogen-bond donors (Lipinski definition) is 1. The fourth-order valence-corrected chi connectivity index (χ4v) is 8.00. The molecule has 10 heteroatoms. The van der Waals surface area contributed by atoms with Crippen molar-refractivity contribution >= 4 is 50.3 Å². The Morgan fingerprint density at radius 3 is 1.92 bits per heavy atom. The van der Waals surface area contributed by atoms with Gasteiger partial charge in [0.05, 0.1) is 15.9 Å². The Morgan fingerprint density at radius 2 is 1.29 bits per heavy atom. The Bertz CT molecular complexity index is 2390. The van der Waals surface area contributed by atoms with Crippen LogP contribution >= 0.6 is 11.3 Å². The number of benzene rings is 4. The summed E-state index contributed by atoms with van der Waals surface area (Å²) in [5.74, 6) is 2.96. The van der Waals surface area contributed by atoms with Gasteiger partial charge < -0.3 is 28.6 Å². The topological polar surface area (TPSA) is 114 Å². The predicted octanol–water partition coefficient (Wildman–Crippen LogP) is 9.97. The average Bonchev–Trinajstić information content (AvgIpc) is 4.01. The lowest BCUT2D eigenvalue weighted by Crippen LogP contribution is -2.20.